The zero-order valence-corrected chi connectivity index (χ0v) is 8.14. The summed E-state index contributed by atoms with van der Waals surface area (Å²) in [5.74, 6) is 0.0940. The van der Waals surface area contributed by atoms with Crippen LogP contribution in [0.15, 0.2) is 18.3 Å². The van der Waals surface area contributed by atoms with Crippen LogP contribution < -0.4 is 5.73 Å². The van der Waals surface area contributed by atoms with Crippen molar-refractivity contribution in [2.45, 2.75) is 19.4 Å². The van der Waals surface area contributed by atoms with Gasteiger partial charge in [0, 0.05) is 24.6 Å². The number of anilines is 1. The number of nitrogen functional groups attached to an aromatic ring is 1. The van der Waals surface area contributed by atoms with E-state index in [0.29, 0.717) is 24.2 Å². The van der Waals surface area contributed by atoms with E-state index in [-0.39, 0.29) is 18.4 Å². The first kappa shape index (κ1) is 9.64. The molecule has 0 atom stereocenters. The number of pyridine rings is 1. The summed E-state index contributed by atoms with van der Waals surface area (Å²) in [4.78, 5) is 27.8. The molecule has 1 aromatic heterocycles. The lowest BCUT2D eigenvalue weighted by molar-refractivity contribution is -0.139. The maximum absolute atomic E-state index is 11.3. The molecule has 2 rings (SSSR count). The molecule has 0 bridgehead atoms. The highest BCUT2D eigenvalue weighted by molar-refractivity contribution is 6.01. The first-order chi connectivity index (χ1) is 7.18. The summed E-state index contributed by atoms with van der Waals surface area (Å²) in [6.45, 7) is 0.233. The number of hydrogen-bond donors (Lipinski definition) is 1. The predicted molar refractivity (Wildman–Crippen MR) is 53.4 cm³/mol. The predicted octanol–water partition coefficient (Wildman–Crippen LogP) is 0.313. The topological polar surface area (TPSA) is 76.3 Å². The number of hydrogen-bond acceptors (Lipinski definition) is 4. The van der Waals surface area contributed by atoms with Crippen LogP contribution in [-0.4, -0.2) is 21.7 Å². The van der Waals surface area contributed by atoms with Crippen LogP contribution in [0.1, 0.15) is 18.4 Å². The Labute approximate surface area is 86.9 Å². The Hall–Kier alpha value is -1.91. The van der Waals surface area contributed by atoms with Crippen molar-refractivity contribution in [3.63, 3.8) is 0 Å². The fraction of sp³-hybridized carbons (Fsp3) is 0.300. The van der Waals surface area contributed by atoms with E-state index < -0.39 is 0 Å². The minimum absolute atomic E-state index is 0.136. The summed E-state index contributed by atoms with van der Waals surface area (Å²) in [7, 11) is 0. The van der Waals surface area contributed by atoms with Gasteiger partial charge in [-0.1, -0.05) is 6.07 Å². The van der Waals surface area contributed by atoms with Crippen LogP contribution in [0.2, 0.25) is 0 Å². The molecular formula is C10H11N3O2. The van der Waals surface area contributed by atoms with Crippen molar-refractivity contribution in [1.29, 1.82) is 0 Å². The summed E-state index contributed by atoms with van der Waals surface area (Å²) >= 11 is 0. The van der Waals surface area contributed by atoms with Crippen molar-refractivity contribution in [2.75, 3.05) is 5.73 Å². The van der Waals surface area contributed by atoms with Gasteiger partial charge in [0.15, 0.2) is 0 Å². The lowest BCUT2D eigenvalue weighted by Gasteiger charge is -2.14. The highest BCUT2D eigenvalue weighted by Crippen LogP contribution is 2.17. The number of imide groups is 1. The third-order valence-electron chi connectivity index (χ3n) is 2.41. The summed E-state index contributed by atoms with van der Waals surface area (Å²) in [5, 5.41) is 0. The summed E-state index contributed by atoms with van der Waals surface area (Å²) in [6.07, 6.45) is 2.18. The maximum Gasteiger partial charge on any atom is 0.230 e. The second kappa shape index (κ2) is 3.68. The molecule has 0 spiro atoms. The standard InChI is InChI=1S/C10H11N3O2/c11-10-7(2-1-5-12-10)6-13-8(14)3-4-9(13)15/h1-2,5H,3-4,6H2,(H2,11,12). The minimum Gasteiger partial charge on any atom is -0.383 e. The first-order valence-electron chi connectivity index (χ1n) is 4.71. The molecule has 0 aromatic carbocycles. The van der Waals surface area contributed by atoms with E-state index in [2.05, 4.69) is 4.98 Å². The van der Waals surface area contributed by atoms with Gasteiger partial charge in [0.25, 0.3) is 0 Å². The quantitative estimate of drug-likeness (QED) is 0.705. The number of rotatable bonds is 2. The van der Waals surface area contributed by atoms with Crippen molar-refractivity contribution in [3.05, 3.63) is 23.9 Å². The third-order valence-corrected chi connectivity index (χ3v) is 2.41. The number of nitrogens with two attached hydrogens (primary N) is 1. The number of amides is 2. The van der Waals surface area contributed by atoms with E-state index in [1.807, 2.05) is 0 Å². The fourth-order valence-electron chi connectivity index (χ4n) is 1.55. The molecule has 1 aliphatic rings. The number of nitrogens with zero attached hydrogens (tertiary/aromatic N) is 2. The third kappa shape index (κ3) is 1.81. The van der Waals surface area contributed by atoms with Gasteiger partial charge in [-0.3, -0.25) is 14.5 Å². The van der Waals surface area contributed by atoms with Crippen molar-refractivity contribution >= 4 is 17.6 Å². The Morgan fingerprint density at radius 3 is 2.60 bits per heavy atom. The second-order valence-electron chi connectivity index (χ2n) is 3.42. The molecule has 5 heteroatoms. The van der Waals surface area contributed by atoms with E-state index in [1.54, 1.807) is 18.3 Å². The fourth-order valence-corrected chi connectivity index (χ4v) is 1.55. The molecule has 0 aliphatic carbocycles. The van der Waals surface area contributed by atoms with E-state index >= 15 is 0 Å². The average Bonchev–Trinajstić information content (AvgIpc) is 2.53. The summed E-state index contributed by atoms with van der Waals surface area (Å²) < 4.78 is 0. The van der Waals surface area contributed by atoms with E-state index in [9.17, 15) is 9.59 Å². The van der Waals surface area contributed by atoms with Crippen molar-refractivity contribution in [2.24, 2.45) is 0 Å². The molecule has 1 aromatic rings. The number of carbonyl (C=O) groups is 2. The van der Waals surface area contributed by atoms with Gasteiger partial charge in [-0.15, -0.1) is 0 Å². The molecule has 1 aliphatic heterocycles. The van der Waals surface area contributed by atoms with Crippen molar-refractivity contribution in [3.8, 4) is 0 Å². The monoisotopic (exact) mass is 205 g/mol. The van der Waals surface area contributed by atoms with Gasteiger partial charge in [0.1, 0.15) is 5.82 Å². The Bertz CT molecular complexity index is 401. The van der Waals surface area contributed by atoms with Crippen LogP contribution >= 0.6 is 0 Å². The largest absolute Gasteiger partial charge is 0.383 e. The van der Waals surface area contributed by atoms with Gasteiger partial charge in [-0.05, 0) is 6.07 Å². The average molecular weight is 205 g/mol. The van der Waals surface area contributed by atoms with Gasteiger partial charge in [0.05, 0.1) is 6.54 Å². The number of likely N-dealkylation sites (tertiary alicyclic amines) is 1. The van der Waals surface area contributed by atoms with Crippen LogP contribution in [-0.2, 0) is 16.1 Å². The van der Waals surface area contributed by atoms with Crippen LogP contribution in [0.4, 0.5) is 5.82 Å². The molecule has 2 N–H and O–H groups in total. The van der Waals surface area contributed by atoms with Crippen LogP contribution in [0.3, 0.4) is 0 Å². The Balaban J connectivity index is 2.18. The summed E-state index contributed by atoms with van der Waals surface area (Å²) in [6, 6.07) is 3.50. The zero-order valence-electron chi connectivity index (χ0n) is 8.14. The van der Waals surface area contributed by atoms with Crippen molar-refractivity contribution < 1.29 is 9.59 Å². The van der Waals surface area contributed by atoms with Gasteiger partial charge in [0.2, 0.25) is 11.8 Å². The van der Waals surface area contributed by atoms with Gasteiger partial charge >= 0.3 is 0 Å². The Kier molecular flexibility index (Phi) is 2.37. The van der Waals surface area contributed by atoms with Crippen LogP contribution in [0.5, 0.6) is 0 Å². The second-order valence-corrected chi connectivity index (χ2v) is 3.42. The minimum atomic E-state index is -0.136. The molecule has 1 fully saturated rings. The Morgan fingerprint density at radius 2 is 2.00 bits per heavy atom. The van der Waals surface area contributed by atoms with E-state index in [4.69, 9.17) is 5.73 Å². The number of aromatic nitrogens is 1. The lowest BCUT2D eigenvalue weighted by atomic mass is 10.2. The molecule has 1 saturated heterocycles. The van der Waals surface area contributed by atoms with Crippen LogP contribution in [0, 0.1) is 0 Å². The molecule has 5 nitrogen and oxygen atoms in total. The molecule has 2 amide bonds. The molecule has 0 unspecified atom stereocenters. The molecule has 15 heavy (non-hydrogen) atoms. The van der Waals surface area contributed by atoms with Gasteiger partial charge < -0.3 is 5.73 Å². The first-order valence-corrected chi connectivity index (χ1v) is 4.71. The lowest BCUT2D eigenvalue weighted by Crippen LogP contribution is -2.28. The highest BCUT2D eigenvalue weighted by Gasteiger charge is 2.29. The van der Waals surface area contributed by atoms with Crippen LogP contribution in [0.25, 0.3) is 0 Å². The molecule has 0 radical (unpaired) electrons. The summed E-state index contributed by atoms with van der Waals surface area (Å²) in [5.41, 5.74) is 6.34. The van der Waals surface area contributed by atoms with Crippen molar-refractivity contribution in [1.82, 2.24) is 9.88 Å². The Morgan fingerprint density at radius 1 is 1.33 bits per heavy atom. The molecule has 2 heterocycles. The van der Waals surface area contributed by atoms with E-state index in [1.165, 1.54) is 4.90 Å². The molecular weight excluding hydrogens is 194 g/mol. The SMILES string of the molecule is Nc1ncccc1CN1C(=O)CCC1=O. The highest BCUT2D eigenvalue weighted by atomic mass is 16.2. The maximum atomic E-state index is 11.3. The molecule has 78 valence electrons. The molecule has 0 saturated carbocycles. The normalized spacial score (nSPS) is 16.1. The van der Waals surface area contributed by atoms with Gasteiger partial charge in [-0.2, -0.15) is 0 Å². The van der Waals surface area contributed by atoms with E-state index in [0.717, 1.165) is 0 Å². The zero-order chi connectivity index (χ0) is 10.8. The number of carbonyl (C=O) groups excluding carboxylic acids is 2. The smallest absolute Gasteiger partial charge is 0.230 e. The van der Waals surface area contributed by atoms with Gasteiger partial charge in [-0.25, -0.2) is 4.98 Å².